The molecule has 0 radical (unpaired) electrons. The average molecular weight is 1440 g/mol. The summed E-state index contributed by atoms with van der Waals surface area (Å²) in [7, 11) is 1.14. The molecule has 0 aromatic heterocycles. The summed E-state index contributed by atoms with van der Waals surface area (Å²) in [5.41, 5.74) is 11.6. The van der Waals surface area contributed by atoms with E-state index in [4.69, 9.17) is 11.5 Å². The highest BCUT2D eigenvalue weighted by atomic mass is 16.3. The van der Waals surface area contributed by atoms with Crippen LogP contribution in [0.4, 0.5) is 0 Å². The monoisotopic (exact) mass is 1440 g/mol. The quantitative estimate of drug-likeness (QED) is 0.0447. The van der Waals surface area contributed by atoms with E-state index in [0.29, 0.717) is 18.4 Å². The molecule has 574 valence electrons. The Kier molecular flexibility index (Phi) is 36.9. The number of likely N-dealkylation sites (N-methyl/N-ethyl adjacent to an activating group) is 1. The van der Waals surface area contributed by atoms with E-state index in [1.807, 2.05) is 6.92 Å². The molecule has 14 amide bonds. The van der Waals surface area contributed by atoms with Crippen LogP contribution in [0.1, 0.15) is 165 Å². The van der Waals surface area contributed by atoms with Gasteiger partial charge in [0.05, 0.1) is 24.2 Å². The van der Waals surface area contributed by atoms with Crippen molar-refractivity contribution in [3.05, 3.63) is 35.9 Å². The molecule has 33 nitrogen and oxygen atoms in total. The third-order valence-corrected chi connectivity index (χ3v) is 18.4. The number of aliphatic hydroxyl groups is 5. The molecule has 33 heteroatoms. The van der Waals surface area contributed by atoms with Gasteiger partial charge < -0.3 is 100.0 Å². The van der Waals surface area contributed by atoms with E-state index in [1.54, 1.807) is 65.0 Å². The molecule has 3 rings (SSSR count). The first-order chi connectivity index (χ1) is 47.9. The van der Waals surface area contributed by atoms with Gasteiger partial charge in [-0.3, -0.25) is 67.1 Å². The van der Waals surface area contributed by atoms with Crippen molar-refractivity contribution in [1.29, 1.82) is 0 Å². The van der Waals surface area contributed by atoms with Crippen LogP contribution < -0.4 is 64.6 Å². The maximum atomic E-state index is 14.8. The Morgan fingerprint density at radius 2 is 1.08 bits per heavy atom. The molecule has 0 spiro atoms. The lowest BCUT2D eigenvalue weighted by Crippen LogP contribution is -2.65. The van der Waals surface area contributed by atoms with Crippen LogP contribution in [0.25, 0.3) is 0 Å². The normalized spacial score (nSPS) is 26.9. The topological polar surface area (TPSA) is 519 Å². The van der Waals surface area contributed by atoms with Gasteiger partial charge in [0, 0.05) is 39.6 Å². The van der Waals surface area contributed by atoms with E-state index >= 15 is 0 Å². The van der Waals surface area contributed by atoms with Gasteiger partial charge in [0.15, 0.2) is 6.10 Å². The summed E-state index contributed by atoms with van der Waals surface area (Å²) in [6.45, 7) is 15.8. The number of unbranched alkanes of at least 4 members (excludes halogenated alkanes) is 4. The van der Waals surface area contributed by atoms with E-state index in [9.17, 15) is 92.7 Å². The van der Waals surface area contributed by atoms with Gasteiger partial charge in [-0.05, 0) is 81.6 Å². The Labute approximate surface area is 596 Å². The lowest BCUT2D eigenvalue weighted by atomic mass is 9.95. The van der Waals surface area contributed by atoms with Crippen molar-refractivity contribution in [2.75, 3.05) is 26.7 Å². The molecule has 1 aromatic rings. The fourth-order valence-corrected chi connectivity index (χ4v) is 12.1. The first kappa shape index (κ1) is 87.8. The smallest absolute Gasteiger partial charge is 0.248 e. The largest absolute Gasteiger partial charge is 0.396 e. The maximum absolute atomic E-state index is 14.8. The number of amides is 14. The third-order valence-electron chi connectivity index (χ3n) is 18.4. The zero-order valence-electron chi connectivity index (χ0n) is 61.0. The molecular formula is C69H114N14O19. The van der Waals surface area contributed by atoms with Crippen molar-refractivity contribution in [1.82, 2.24) is 63.0 Å². The Morgan fingerprint density at radius 3 is 1.64 bits per heavy atom. The van der Waals surface area contributed by atoms with Crippen LogP contribution in [0, 0.1) is 29.6 Å². The van der Waals surface area contributed by atoms with Gasteiger partial charge in [-0.2, -0.15) is 0 Å². The van der Waals surface area contributed by atoms with Gasteiger partial charge in [0.2, 0.25) is 82.7 Å². The number of hydrogen-bond donors (Lipinski definition) is 17. The Hall–Kier alpha value is -8.40. The number of aliphatic hydroxyl groups excluding tert-OH is 5. The third kappa shape index (κ3) is 26.8. The SMILES string of the molecule is CCCCCCCC1CNC(=O)[C@@H]([C@@H](C)O)NC(=O)[C@H](Cc2ccccc2)NC(=O)[C@@H]2CCCN2C(=O)[C@H]([C@@H](C)O)NC(=O)[C@H](C(O)C(N)=O)NC(=O)[C@H]([C@@H](C)CC)N(C)C(=O)[C@H](CCC(N)=O)NC(=O)[C@H](CC(C)C)NC(=O)[C@H](CCO)NC(=O)[C@H](C(O)C(C)C)NC(=O)[C@H](C(C)C)NC1=O. The second kappa shape index (κ2) is 42.9. The van der Waals surface area contributed by atoms with Crippen LogP contribution >= 0.6 is 0 Å². The van der Waals surface area contributed by atoms with E-state index in [0.717, 1.165) is 43.0 Å². The molecule has 0 bridgehead atoms. The molecule has 0 saturated carbocycles. The second-order valence-electron chi connectivity index (χ2n) is 27.9. The minimum atomic E-state index is -2.55. The van der Waals surface area contributed by atoms with Crippen molar-refractivity contribution in [2.45, 2.75) is 257 Å². The molecule has 2 aliphatic heterocycles. The van der Waals surface area contributed by atoms with Crippen LogP contribution in [0.5, 0.6) is 0 Å². The van der Waals surface area contributed by atoms with Crippen LogP contribution in [0.2, 0.25) is 0 Å². The van der Waals surface area contributed by atoms with Crippen molar-refractivity contribution < 1.29 is 92.7 Å². The highest BCUT2D eigenvalue weighted by Gasteiger charge is 2.46. The zero-order valence-corrected chi connectivity index (χ0v) is 61.0. The number of fused-ring (bicyclic) bond motifs is 1. The first-order valence-electron chi connectivity index (χ1n) is 35.5. The Morgan fingerprint density at radius 1 is 0.549 bits per heavy atom. The summed E-state index contributed by atoms with van der Waals surface area (Å²) >= 11 is 0. The molecule has 19 N–H and O–H groups in total. The van der Waals surface area contributed by atoms with Gasteiger partial charge >= 0.3 is 0 Å². The van der Waals surface area contributed by atoms with E-state index < -0.39 is 230 Å². The van der Waals surface area contributed by atoms with Crippen LogP contribution in [-0.2, 0) is 73.5 Å². The fraction of sp³-hybridized carbons (Fsp3) is 0.710. The molecule has 2 fully saturated rings. The minimum Gasteiger partial charge on any atom is -0.396 e. The number of carbonyl (C=O) groups excluding carboxylic acids is 14. The van der Waals surface area contributed by atoms with Gasteiger partial charge in [-0.15, -0.1) is 0 Å². The van der Waals surface area contributed by atoms with Crippen LogP contribution in [0.3, 0.4) is 0 Å². The zero-order chi connectivity index (χ0) is 77.0. The number of carbonyl (C=O) groups is 14. The summed E-state index contributed by atoms with van der Waals surface area (Å²) in [4.78, 5) is 202. The summed E-state index contributed by atoms with van der Waals surface area (Å²) in [5.74, 6) is -18.8. The molecule has 3 unspecified atom stereocenters. The van der Waals surface area contributed by atoms with Crippen molar-refractivity contribution in [2.24, 2.45) is 41.1 Å². The average Bonchev–Trinajstić information content (AvgIpc) is 1.38. The van der Waals surface area contributed by atoms with E-state index in [-0.39, 0.29) is 51.0 Å². The summed E-state index contributed by atoms with van der Waals surface area (Å²) < 4.78 is 0. The lowest BCUT2D eigenvalue weighted by Gasteiger charge is -2.36. The fourth-order valence-electron chi connectivity index (χ4n) is 12.1. The van der Waals surface area contributed by atoms with Crippen molar-refractivity contribution in [3.8, 4) is 0 Å². The van der Waals surface area contributed by atoms with E-state index in [1.165, 1.54) is 27.7 Å². The van der Waals surface area contributed by atoms with Gasteiger partial charge in [-0.1, -0.05) is 131 Å². The molecule has 2 heterocycles. The second-order valence-corrected chi connectivity index (χ2v) is 27.9. The summed E-state index contributed by atoms with van der Waals surface area (Å²) in [5, 5.41) is 80.6. The molecule has 102 heavy (non-hydrogen) atoms. The van der Waals surface area contributed by atoms with E-state index in [2.05, 4.69) is 53.2 Å². The number of rotatable bonds is 24. The molecule has 2 saturated heterocycles. The van der Waals surface area contributed by atoms with Crippen LogP contribution in [0.15, 0.2) is 30.3 Å². The standard InChI is InChI=1S/C69H114N14O19/c1-13-15-16-17-21-25-42-34-72-63(96)50(39(10)85)78-61(94)46(33-41-23-19-18-20-24-41)76-62(95)47-26-22-30-83(47)69(102)51(40(11)86)79-66(99)53(56(89)57(71)90)81-67(100)54(38(9)14-2)82(12)68(101)44(27-28-48(70)87)74-60(93)45(32-35(3)4)75-59(92)43(29-31-84)73-65(98)52(55(88)37(7)8)80-64(97)49(36(5)6)77-58(42)91/h18-20,23-24,35-40,42-47,49-56,84-86,88-89H,13-17,21-22,25-34H2,1-12H3,(H2,70,87)(H2,71,90)(H,72,96)(H,73,98)(H,74,93)(H,75,92)(H,76,95)(H,77,91)(H,78,94)(H,79,99)(H,80,97)(H,81,100)/t38-,39+,40+,42?,43-,44-,45-,46-,47-,49-,50+,51-,52-,53-,54-,55?,56?/m0/s1. The highest BCUT2D eigenvalue weighted by Crippen LogP contribution is 2.23. The first-order valence-corrected chi connectivity index (χ1v) is 35.5. The van der Waals surface area contributed by atoms with Crippen molar-refractivity contribution in [3.63, 3.8) is 0 Å². The van der Waals surface area contributed by atoms with Crippen LogP contribution in [-0.4, -0.2) is 236 Å². The Bertz CT molecular complexity index is 3010. The lowest BCUT2D eigenvalue weighted by molar-refractivity contribution is -0.148. The molecular weight excluding hydrogens is 1330 g/mol. The number of benzene rings is 1. The number of hydrogen-bond acceptors (Lipinski definition) is 19. The number of nitrogens with zero attached hydrogens (tertiary/aromatic N) is 2. The number of nitrogens with one attached hydrogen (secondary N) is 10. The number of nitrogens with two attached hydrogens (primary N) is 2. The van der Waals surface area contributed by atoms with Gasteiger partial charge in [0.1, 0.15) is 66.5 Å². The molecule has 17 atom stereocenters. The van der Waals surface area contributed by atoms with Crippen molar-refractivity contribution >= 4 is 82.7 Å². The minimum absolute atomic E-state index is 0.0262. The Balaban J connectivity index is 2.34. The molecule has 1 aromatic carbocycles. The molecule has 2 aliphatic rings. The number of primary amides is 2. The highest BCUT2D eigenvalue weighted by molar-refractivity contribution is 6.01. The predicted molar refractivity (Wildman–Crippen MR) is 372 cm³/mol. The predicted octanol–water partition coefficient (Wildman–Crippen LogP) is -3.46. The maximum Gasteiger partial charge on any atom is 0.248 e. The van der Waals surface area contributed by atoms with Gasteiger partial charge in [0.25, 0.3) is 0 Å². The summed E-state index contributed by atoms with van der Waals surface area (Å²) in [6, 6.07) is -10.5. The molecule has 0 aliphatic carbocycles. The summed E-state index contributed by atoms with van der Waals surface area (Å²) in [6.07, 6.45) is -5.30. The van der Waals surface area contributed by atoms with Gasteiger partial charge in [-0.25, -0.2) is 0 Å².